The molecule has 86 valence electrons. The van der Waals surface area contributed by atoms with Gasteiger partial charge in [-0.3, -0.25) is 0 Å². The lowest BCUT2D eigenvalue weighted by Gasteiger charge is -2.15. The van der Waals surface area contributed by atoms with Crippen molar-refractivity contribution in [3.8, 4) is 0 Å². The van der Waals surface area contributed by atoms with Gasteiger partial charge < -0.3 is 15.5 Å². The SMILES string of the molecule is CN1CCN(C)C1=NCc1ccc(N)cc1. The van der Waals surface area contributed by atoms with Crippen LogP contribution in [0.25, 0.3) is 0 Å². The van der Waals surface area contributed by atoms with Crippen LogP contribution in [0.2, 0.25) is 0 Å². The van der Waals surface area contributed by atoms with Crippen LogP contribution in [-0.4, -0.2) is 42.9 Å². The number of anilines is 1. The van der Waals surface area contributed by atoms with E-state index in [-0.39, 0.29) is 0 Å². The van der Waals surface area contributed by atoms with Gasteiger partial charge in [-0.1, -0.05) is 12.1 Å². The first-order valence-corrected chi connectivity index (χ1v) is 5.48. The fourth-order valence-corrected chi connectivity index (χ4v) is 1.82. The fraction of sp³-hybridized carbons (Fsp3) is 0.417. The molecule has 1 aromatic rings. The third kappa shape index (κ3) is 2.27. The third-order valence-corrected chi connectivity index (χ3v) is 2.84. The first-order valence-electron chi connectivity index (χ1n) is 5.48. The van der Waals surface area contributed by atoms with Crippen LogP contribution in [-0.2, 0) is 6.54 Å². The highest BCUT2D eigenvalue weighted by molar-refractivity contribution is 5.81. The second-order valence-corrected chi connectivity index (χ2v) is 4.20. The molecule has 16 heavy (non-hydrogen) atoms. The van der Waals surface area contributed by atoms with E-state index < -0.39 is 0 Å². The molecule has 0 spiro atoms. The van der Waals surface area contributed by atoms with E-state index in [0.29, 0.717) is 6.54 Å². The van der Waals surface area contributed by atoms with Gasteiger partial charge in [0.2, 0.25) is 0 Å². The van der Waals surface area contributed by atoms with Gasteiger partial charge in [0.1, 0.15) is 0 Å². The van der Waals surface area contributed by atoms with Gasteiger partial charge in [0.15, 0.2) is 5.96 Å². The van der Waals surface area contributed by atoms with Crippen LogP contribution in [0.4, 0.5) is 5.69 Å². The van der Waals surface area contributed by atoms with Crippen molar-refractivity contribution in [2.24, 2.45) is 4.99 Å². The molecule has 1 heterocycles. The lowest BCUT2D eigenvalue weighted by molar-refractivity contribution is 0.553. The first-order chi connectivity index (χ1) is 7.66. The topological polar surface area (TPSA) is 44.9 Å². The van der Waals surface area contributed by atoms with Gasteiger partial charge in [-0.2, -0.15) is 0 Å². The number of benzene rings is 1. The smallest absolute Gasteiger partial charge is 0.196 e. The summed E-state index contributed by atoms with van der Waals surface area (Å²) in [6, 6.07) is 7.87. The minimum absolute atomic E-state index is 0.713. The molecule has 0 unspecified atom stereocenters. The molecule has 1 aliphatic heterocycles. The van der Waals surface area contributed by atoms with Gasteiger partial charge in [0.25, 0.3) is 0 Å². The van der Waals surface area contributed by atoms with Crippen LogP contribution < -0.4 is 5.73 Å². The molecule has 0 aliphatic carbocycles. The minimum Gasteiger partial charge on any atom is -0.399 e. The van der Waals surface area contributed by atoms with Gasteiger partial charge in [-0.05, 0) is 17.7 Å². The summed E-state index contributed by atoms with van der Waals surface area (Å²) < 4.78 is 0. The number of aliphatic imine (C=N–C) groups is 1. The number of likely N-dealkylation sites (N-methyl/N-ethyl adjacent to an activating group) is 2. The standard InChI is InChI=1S/C12H18N4/c1-15-7-8-16(2)12(15)14-9-10-3-5-11(13)6-4-10/h3-6H,7-9,13H2,1-2H3. The molecule has 4 nitrogen and oxygen atoms in total. The van der Waals surface area contributed by atoms with Crippen molar-refractivity contribution in [2.45, 2.75) is 6.54 Å². The van der Waals surface area contributed by atoms with Crippen LogP contribution in [0.3, 0.4) is 0 Å². The summed E-state index contributed by atoms with van der Waals surface area (Å²) in [7, 11) is 4.15. The van der Waals surface area contributed by atoms with E-state index in [1.807, 2.05) is 24.3 Å². The second kappa shape index (κ2) is 4.43. The average Bonchev–Trinajstić information content (AvgIpc) is 2.59. The number of rotatable bonds is 2. The lowest BCUT2D eigenvalue weighted by Crippen LogP contribution is -2.28. The molecule has 1 aliphatic rings. The Bertz CT molecular complexity index is 371. The molecular weight excluding hydrogens is 200 g/mol. The number of nitrogens with zero attached hydrogens (tertiary/aromatic N) is 3. The molecule has 0 aromatic heterocycles. The summed E-state index contributed by atoms with van der Waals surface area (Å²) in [6.45, 7) is 2.82. The number of guanidine groups is 1. The van der Waals surface area contributed by atoms with Crippen LogP contribution >= 0.6 is 0 Å². The van der Waals surface area contributed by atoms with Crippen molar-refractivity contribution in [3.63, 3.8) is 0 Å². The van der Waals surface area contributed by atoms with Crippen molar-refractivity contribution in [3.05, 3.63) is 29.8 Å². The molecule has 0 saturated carbocycles. The maximum absolute atomic E-state index is 5.64. The Labute approximate surface area is 96.4 Å². The molecule has 0 bridgehead atoms. The predicted molar refractivity (Wildman–Crippen MR) is 67.3 cm³/mol. The molecule has 0 amide bonds. The summed E-state index contributed by atoms with van der Waals surface area (Å²) in [6.07, 6.45) is 0. The molecule has 4 heteroatoms. The summed E-state index contributed by atoms with van der Waals surface area (Å²) in [5.41, 5.74) is 7.62. The van der Waals surface area contributed by atoms with E-state index in [2.05, 4.69) is 28.9 Å². The van der Waals surface area contributed by atoms with Gasteiger partial charge in [0, 0.05) is 32.9 Å². The Morgan fingerprint density at radius 1 is 1.12 bits per heavy atom. The van der Waals surface area contributed by atoms with Crippen molar-refractivity contribution in [1.29, 1.82) is 0 Å². The highest BCUT2D eigenvalue weighted by atomic mass is 15.4. The minimum atomic E-state index is 0.713. The highest BCUT2D eigenvalue weighted by Gasteiger charge is 2.18. The quantitative estimate of drug-likeness (QED) is 0.753. The largest absolute Gasteiger partial charge is 0.399 e. The summed E-state index contributed by atoms with van der Waals surface area (Å²) in [5, 5.41) is 0. The van der Waals surface area contributed by atoms with Gasteiger partial charge in [-0.15, -0.1) is 0 Å². The number of hydrogen-bond acceptors (Lipinski definition) is 2. The van der Waals surface area contributed by atoms with Gasteiger partial charge in [0.05, 0.1) is 6.54 Å². The summed E-state index contributed by atoms with van der Waals surface area (Å²) >= 11 is 0. The third-order valence-electron chi connectivity index (χ3n) is 2.84. The molecule has 1 saturated heterocycles. The monoisotopic (exact) mass is 218 g/mol. The Hall–Kier alpha value is -1.71. The summed E-state index contributed by atoms with van der Waals surface area (Å²) in [4.78, 5) is 8.97. The fourth-order valence-electron chi connectivity index (χ4n) is 1.82. The normalized spacial score (nSPS) is 15.8. The van der Waals surface area contributed by atoms with Crippen LogP contribution in [0, 0.1) is 0 Å². The Morgan fingerprint density at radius 3 is 2.25 bits per heavy atom. The molecule has 0 radical (unpaired) electrons. The Kier molecular flexibility index (Phi) is 2.99. The van der Waals surface area contributed by atoms with Crippen LogP contribution in [0.5, 0.6) is 0 Å². The number of hydrogen-bond donors (Lipinski definition) is 1. The predicted octanol–water partition coefficient (Wildman–Crippen LogP) is 1.00. The molecule has 2 N–H and O–H groups in total. The Balaban J connectivity index is 2.05. The average molecular weight is 218 g/mol. The molecule has 1 aromatic carbocycles. The van der Waals surface area contributed by atoms with Crippen molar-refractivity contribution in [1.82, 2.24) is 9.80 Å². The molecule has 2 rings (SSSR count). The number of nitrogen functional groups attached to an aromatic ring is 1. The van der Waals surface area contributed by atoms with Crippen molar-refractivity contribution in [2.75, 3.05) is 32.9 Å². The molecule has 1 fully saturated rings. The van der Waals surface area contributed by atoms with Gasteiger partial charge >= 0.3 is 0 Å². The van der Waals surface area contributed by atoms with E-state index in [4.69, 9.17) is 5.73 Å². The van der Waals surface area contributed by atoms with E-state index in [9.17, 15) is 0 Å². The Morgan fingerprint density at radius 2 is 1.69 bits per heavy atom. The second-order valence-electron chi connectivity index (χ2n) is 4.20. The van der Waals surface area contributed by atoms with Crippen LogP contribution in [0.1, 0.15) is 5.56 Å². The van der Waals surface area contributed by atoms with E-state index in [1.54, 1.807) is 0 Å². The van der Waals surface area contributed by atoms with E-state index in [1.165, 1.54) is 5.56 Å². The lowest BCUT2D eigenvalue weighted by atomic mass is 10.2. The van der Waals surface area contributed by atoms with Crippen molar-refractivity contribution >= 4 is 11.6 Å². The van der Waals surface area contributed by atoms with Gasteiger partial charge in [-0.25, -0.2) is 4.99 Å². The zero-order valence-electron chi connectivity index (χ0n) is 9.85. The maximum Gasteiger partial charge on any atom is 0.196 e. The zero-order valence-corrected chi connectivity index (χ0v) is 9.85. The highest BCUT2D eigenvalue weighted by Crippen LogP contribution is 2.09. The number of nitrogens with two attached hydrogens (primary N) is 1. The first kappa shape index (κ1) is 10.8. The van der Waals surface area contributed by atoms with E-state index in [0.717, 1.165) is 24.7 Å². The molecular formula is C12H18N4. The van der Waals surface area contributed by atoms with Crippen molar-refractivity contribution < 1.29 is 0 Å². The summed E-state index contributed by atoms with van der Waals surface area (Å²) in [5.74, 6) is 1.07. The van der Waals surface area contributed by atoms with Crippen LogP contribution in [0.15, 0.2) is 29.3 Å². The van der Waals surface area contributed by atoms with E-state index >= 15 is 0 Å². The zero-order chi connectivity index (χ0) is 11.5. The molecule has 0 atom stereocenters. The maximum atomic E-state index is 5.64.